The van der Waals surface area contributed by atoms with Crippen LogP contribution in [0.2, 0.25) is 0 Å². The molecule has 46 heavy (non-hydrogen) atoms. The molecule has 0 bridgehead atoms. The summed E-state index contributed by atoms with van der Waals surface area (Å²) < 4.78 is 46.2. The third-order valence-electron chi connectivity index (χ3n) is 8.60. The zero-order chi connectivity index (χ0) is 33.0. The number of fused-ring (bicyclic) bond motifs is 1. The average molecular weight is 650 g/mol. The third kappa shape index (κ3) is 7.15. The number of rotatable bonds is 12. The van der Waals surface area contributed by atoms with Gasteiger partial charge in [-0.3, -0.25) is 14.5 Å². The van der Waals surface area contributed by atoms with E-state index in [2.05, 4.69) is 16.5 Å². The highest BCUT2D eigenvalue weighted by molar-refractivity contribution is 7.90. The summed E-state index contributed by atoms with van der Waals surface area (Å²) in [6, 6.07) is 16.6. The van der Waals surface area contributed by atoms with Crippen LogP contribution in [0, 0.1) is 0 Å². The summed E-state index contributed by atoms with van der Waals surface area (Å²) >= 11 is 0. The number of aryl methyl sites for hydroxylation is 1. The molecule has 2 aliphatic rings. The van der Waals surface area contributed by atoms with Crippen molar-refractivity contribution in [2.75, 3.05) is 26.9 Å². The van der Waals surface area contributed by atoms with Gasteiger partial charge in [-0.1, -0.05) is 52.3 Å². The lowest BCUT2D eigenvalue weighted by Gasteiger charge is -2.32. The quantitative estimate of drug-likeness (QED) is 0.269. The first-order chi connectivity index (χ1) is 22.0. The fourth-order valence-corrected chi connectivity index (χ4v) is 6.98. The summed E-state index contributed by atoms with van der Waals surface area (Å²) in [5.41, 5.74) is 2.63. The molecule has 10 nitrogen and oxygen atoms in total. The Morgan fingerprint density at radius 1 is 1.00 bits per heavy atom. The van der Waals surface area contributed by atoms with Gasteiger partial charge in [0.15, 0.2) is 11.5 Å². The SMILES string of the molecule is CCCc1cc(C(=O)N(C)C2CCCN2CC)ccc1OC(C(=O)NS(=O)(=O)c1ccc(C(C)C)cc1)c1ccc2c(c1)OCO2. The van der Waals surface area contributed by atoms with Crippen LogP contribution in [0.15, 0.2) is 65.6 Å². The van der Waals surface area contributed by atoms with E-state index in [1.165, 1.54) is 12.1 Å². The van der Waals surface area contributed by atoms with Gasteiger partial charge in [0.1, 0.15) is 5.75 Å². The van der Waals surface area contributed by atoms with Crippen LogP contribution in [-0.2, 0) is 21.2 Å². The van der Waals surface area contributed by atoms with E-state index in [1.54, 1.807) is 47.4 Å². The summed E-state index contributed by atoms with van der Waals surface area (Å²) in [6.07, 6.45) is 2.02. The van der Waals surface area contributed by atoms with E-state index < -0.39 is 22.0 Å². The zero-order valence-electron chi connectivity index (χ0n) is 27.1. The summed E-state index contributed by atoms with van der Waals surface area (Å²) in [5, 5.41) is 0. The predicted molar refractivity (Wildman–Crippen MR) is 175 cm³/mol. The van der Waals surface area contributed by atoms with Crippen molar-refractivity contribution < 1.29 is 32.2 Å². The van der Waals surface area contributed by atoms with Crippen molar-refractivity contribution in [1.29, 1.82) is 0 Å². The second-order valence-electron chi connectivity index (χ2n) is 12.0. The number of hydrogen-bond donors (Lipinski definition) is 1. The molecular weight excluding hydrogens is 606 g/mol. The monoisotopic (exact) mass is 649 g/mol. The highest BCUT2D eigenvalue weighted by atomic mass is 32.2. The van der Waals surface area contributed by atoms with Crippen molar-refractivity contribution in [2.45, 2.75) is 76.5 Å². The third-order valence-corrected chi connectivity index (χ3v) is 9.97. The van der Waals surface area contributed by atoms with Crippen molar-refractivity contribution in [3.63, 3.8) is 0 Å². The van der Waals surface area contributed by atoms with Crippen molar-refractivity contribution in [1.82, 2.24) is 14.5 Å². The number of carbonyl (C=O) groups is 2. The Hall–Kier alpha value is -4.09. The van der Waals surface area contributed by atoms with Gasteiger partial charge in [0, 0.05) is 24.7 Å². The number of benzene rings is 3. The van der Waals surface area contributed by atoms with Gasteiger partial charge >= 0.3 is 0 Å². The van der Waals surface area contributed by atoms with E-state index in [-0.39, 0.29) is 29.7 Å². The molecule has 2 unspecified atom stereocenters. The van der Waals surface area contributed by atoms with E-state index in [4.69, 9.17) is 14.2 Å². The van der Waals surface area contributed by atoms with Gasteiger partial charge in [-0.25, -0.2) is 13.1 Å². The summed E-state index contributed by atoms with van der Waals surface area (Å²) in [6.45, 7) is 10.0. The molecular formula is C35H43N3O7S. The molecule has 3 aromatic rings. The first-order valence-corrected chi connectivity index (χ1v) is 17.4. The second-order valence-corrected chi connectivity index (χ2v) is 13.7. The normalized spacial score (nSPS) is 16.8. The first-order valence-electron chi connectivity index (χ1n) is 15.9. The molecule has 0 spiro atoms. The van der Waals surface area contributed by atoms with Gasteiger partial charge in [-0.2, -0.15) is 0 Å². The largest absolute Gasteiger partial charge is 0.475 e. The summed E-state index contributed by atoms with van der Waals surface area (Å²) in [7, 11) is -2.38. The molecule has 0 radical (unpaired) electrons. The standard InChI is InChI=1S/C35H43N3O7S/c1-6-9-25-20-27(35(40)37(5)32-10-8-19-38(32)7-2)14-17-29(25)45-33(26-13-18-30-31(21-26)44-22-43-30)34(39)36-46(41,42)28-15-11-24(12-16-28)23(3)4/h11-18,20-21,23,32-33H,6-10,19,22H2,1-5H3,(H,36,39). The minimum Gasteiger partial charge on any atom is -0.475 e. The smallest absolute Gasteiger partial charge is 0.279 e. The van der Waals surface area contributed by atoms with Gasteiger partial charge in [0.2, 0.25) is 12.9 Å². The Bertz CT molecular complexity index is 1670. The molecule has 1 saturated heterocycles. The molecule has 5 rings (SSSR count). The number of ether oxygens (including phenoxy) is 3. The van der Waals surface area contributed by atoms with Gasteiger partial charge in [-0.15, -0.1) is 0 Å². The van der Waals surface area contributed by atoms with Crippen LogP contribution < -0.4 is 18.9 Å². The van der Waals surface area contributed by atoms with Crippen LogP contribution in [0.25, 0.3) is 0 Å². The van der Waals surface area contributed by atoms with E-state index in [0.717, 1.165) is 43.5 Å². The molecule has 2 heterocycles. The van der Waals surface area contributed by atoms with E-state index in [0.29, 0.717) is 34.8 Å². The Morgan fingerprint density at radius 2 is 1.72 bits per heavy atom. The van der Waals surface area contributed by atoms with Crippen LogP contribution in [0.4, 0.5) is 0 Å². The summed E-state index contributed by atoms with van der Waals surface area (Å²) in [5.74, 6) is 0.598. The number of likely N-dealkylation sites (tertiary alicyclic amines) is 1. The van der Waals surface area contributed by atoms with Crippen LogP contribution in [0.1, 0.15) is 86.0 Å². The Balaban J connectivity index is 1.45. The molecule has 1 fully saturated rings. The predicted octanol–water partition coefficient (Wildman–Crippen LogP) is 5.63. The number of amides is 2. The summed E-state index contributed by atoms with van der Waals surface area (Å²) in [4.78, 5) is 31.4. The van der Waals surface area contributed by atoms with Gasteiger partial charge in [-0.05, 0) is 85.3 Å². The fourth-order valence-electron chi connectivity index (χ4n) is 6.00. The number of nitrogens with one attached hydrogen (secondary N) is 1. The number of hydrogen-bond acceptors (Lipinski definition) is 8. The maximum absolute atomic E-state index is 13.8. The first kappa shape index (κ1) is 33.3. The number of nitrogens with zero attached hydrogens (tertiary/aromatic N) is 2. The maximum Gasteiger partial charge on any atom is 0.279 e. The van der Waals surface area contributed by atoms with Gasteiger partial charge in [0.25, 0.3) is 21.8 Å². The highest BCUT2D eigenvalue weighted by Gasteiger charge is 2.32. The number of carbonyl (C=O) groups excluding carboxylic acids is 2. The lowest BCUT2D eigenvalue weighted by Crippen LogP contribution is -2.45. The van der Waals surface area contributed by atoms with Crippen LogP contribution in [-0.4, -0.2) is 63.1 Å². The molecule has 0 aromatic heterocycles. The van der Waals surface area contributed by atoms with Crippen molar-refractivity contribution >= 4 is 21.8 Å². The van der Waals surface area contributed by atoms with Crippen LogP contribution in [0.5, 0.6) is 17.2 Å². The maximum atomic E-state index is 13.8. The Kier molecular flexibility index (Phi) is 10.2. The topological polar surface area (TPSA) is 114 Å². The fraction of sp³-hybridized carbons (Fsp3) is 0.429. The highest BCUT2D eigenvalue weighted by Crippen LogP contribution is 2.36. The lowest BCUT2D eigenvalue weighted by molar-refractivity contribution is -0.126. The molecule has 0 saturated carbocycles. The molecule has 2 amide bonds. The molecule has 3 aromatic carbocycles. The van der Waals surface area contributed by atoms with E-state index >= 15 is 0 Å². The lowest BCUT2D eigenvalue weighted by atomic mass is 10.0. The van der Waals surface area contributed by atoms with E-state index in [9.17, 15) is 18.0 Å². The Labute approximate surface area is 271 Å². The molecule has 246 valence electrons. The number of sulfonamides is 1. The van der Waals surface area contributed by atoms with Gasteiger partial charge < -0.3 is 19.1 Å². The van der Waals surface area contributed by atoms with Gasteiger partial charge in [0.05, 0.1) is 11.1 Å². The minimum absolute atomic E-state index is 0.0303. The average Bonchev–Trinajstić information content (AvgIpc) is 3.72. The minimum atomic E-state index is -4.21. The molecule has 11 heteroatoms. The molecule has 2 atom stereocenters. The van der Waals surface area contributed by atoms with Crippen molar-refractivity contribution in [2.24, 2.45) is 0 Å². The molecule has 0 aliphatic carbocycles. The van der Waals surface area contributed by atoms with E-state index in [1.807, 2.05) is 33.9 Å². The van der Waals surface area contributed by atoms with Crippen LogP contribution in [0.3, 0.4) is 0 Å². The van der Waals surface area contributed by atoms with Crippen molar-refractivity contribution in [3.8, 4) is 17.2 Å². The molecule has 1 N–H and O–H groups in total. The molecule has 2 aliphatic heterocycles. The zero-order valence-corrected chi connectivity index (χ0v) is 27.9. The van der Waals surface area contributed by atoms with Crippen molar-refractivity contribution in [3.05, 3.63) is 82.9 Å². The second kappa shape index (κ2) is 14.1. The Morgan fingerprint density at radius 3 is 2.41 bits per heavy atom. The van der Waals surface area contributed by atoms with Crippen LogP contribution >= 0.6 is 0 Å².